The van der Waals surface area contributed by atoms with Gasteiger partial charge in [-0.05, 0) is 58.4 Å². The molecular formula is C26H24BrN3O4. The first kappa shape index (κ1) is 23.5. The Balaban J connectivity index is 1.55. The Morgan fingerprint density at radius 2 is 1.53 bits per heavy atom. The van der Waals surface area contributed by atoms with Gasteiger partial charge in [-0.2, -0.15) is 0 Å². The second-order valence-corrected chi connectivity index (χ2v) is 8.66. The third-order valence-electron chi connectivity index (χ3n) is 5.71. The summed E-state index contributed by atoms with van der Waals surface area (Å²) < 4.78 is 5.52. The molecule has 0 radical (unpaired) electrons. The molecule has 1 fully saturated rings. The molecule has 1 N–H and O–H groups in total. The average molecular weight is 522 g/mol. The molecule has 0 aliphatic carbocycles. The van der Waals surface area contributed by atoms with Crippen LogP contribution in [0.2, 0.25) is 0 Å². The highest BCUT2D eigenvalue weighted by atomic mass is 79.9. The predicted octanol–water partition coefficient (Wildman–Crippen LogP) is 4.45. The molecule has 0 spiro atoms. The minimum Gasteiger partial charge on any atom is -0.465 e. The number of nitrogens with one attached hydrogen (secondary N) is 1. The molecule has 0 atom stereocenters. The molecule has 34 heavy (non-hydrogen) atoms. The lowest BCUT2D eigenvalue weighted by atomic mass is 10.1. The molecule has 3 aromatic carbocycles. The Morgan fingerprint density at radius 3 is 2.21 bits per heavy atom. The predicted molar refractivity (Wildman–Crippen MR) is 134 cm³/mol. The van der Waals surface area contributed by atoms with Crippen molar-refractivity contribution in [1.82, 2.24) is 4.90 Å². The number of methoxy groups -OCH3 is 1. The number of amides is 2. The van der Waals surface area contributed by atoms with Crippen LogP contribution in [0.4, 0.5) is 11.4 Å². The fourth-order valence-corrected chi connectivity index (χ4v) is 4.37. The van der Waals surface area contributed by atoms with Crippen LogP contribution in [0.5, 0.6) is 0 Å². The van der Waals surface area contributed by atoms with Crippen LogP contribution >= 0.6 is 15.9 Å². The number of rotatable bonds is 5. The van der Waals surface area contributed by atoms with E-state index < -0.39 is 5.97 Å². The number of esters is 1. The maximum absolute atomic E-state index is 13.0. The van der Waals surface area contributed by atoms with E-state index in [-0.39, 0.29) is 11.8 Å². The molecule has 0 saturated carbocycles. The molecule has 0 aromatic heterocycles. The SMILES string of the molecule is COC(=O)c1ccc(N2CCN(C(=O)c3ccccc3)CC2)c(NC(=O)c2ccccc2Br)c1. The minimum absolute atomic E-state index is 0.00347. The number of halogens is 1. The van der Waals surface area contributed by atoms with E-state index >= 15 is 0 Å². The molecule has 0 unspecified atom stereocenters. The molecular weight excluding hydrogens is 498 g/mol. The number of nitrogens with zero attached hydrogens (tertiary/aromatic N) is 2. The van der Waals surface area contributed by atoms with Crippen molar-refractivity contribution in [1.29, 1.82) is 0 Å². The molecule has 174 valence electrons. The summed E-state index contributed by atoms with van der Waals surface area (Å²) in [6, 6.07) is 21.5. The van der Waals surface area contributed by atoms with Gasteiger partial charge in [0.05, 0.1) is 29.6 Å². The average Bonchev–Trinajstić information content (AvgIpc) is 2.88. The van der Waals surface area contributed by atoms with Crippen LogP contribution in [0.25, 0.3) is 0 Å². The lowest BCUT2D eigenvalue weighted by molar-refractivity contribution is 0.0600. The van der Waals surface area contributed by atoms with Gasteiger partial charge in [-0.1, -0.05) is 30.3 Å². The lowest BCUT2D eigenvalue weighted by Crippen LogP contribution is -2.49. The van der Waals surface area contributed by atoms with Crippen LogP contribution in [-0.4, -0.2) is 56.0 Å². The third-order valence-corrected chi connectivity index (χ3v) is 6.40. The van der Waals surface area contributed by atoms with E-state index in [2.05, 4.69) is 26.1 Å². The van der Waals surface area contributed by atoms with Crippen molar-refractivity contribution in [2.45, 2.75) is 0 Å². The number of hydrogen-bond acceptors (Lipinski definition) is 5. The first-order valence-corrected chi connectivity index (χ1v) is 11.6. The molecule has 4 rings (SSSR count). The second kappa shape index (κ2) is 10.5. The van der Waals surface area contributed by atoms with E-state index in [1.54, 1.807) is 36.4 Å². The summed E-state index contributed by atoms with van der Waals surface area (Å²) >= 11 is 3.41. The Bertz CT molecular complexity index is 1210. The van der Waals surface area contributed by atoms with E-state index in [1.165, 1.54) is 7.11 Å². The Labute approximate surface area is 206 Å². The van der Waals surface area contributed by atoms with Gasteiger partial charge in [-0.25, -0.2) is 4.79 Å². The topological polar surface area (TPSA) is 79.0 Å². The summed E-state index contributed by atoms with van der Waals surface area (Å²) in [5.41, 5.74) is 2.77. The quantitative estimate of drug-likeness (QED) is 0.501. The van der Waals surface area contributed by atoms with Gasteiger partial charge in [0, 0.05) is 36.2 Å². The number of benzene rings is 3. The standard InChI is InChI=1S/C26H24BrN3O4/c1-34-26(33)19-11-12-23(22(17-19)28-24(31)20-9-5-6-10-21(20)27)29-13-15-30(16-14-29)25(32)18-7-3-2-4-8-18/h2-12,17H,13-16H2,1H3,(H,28,31). The van der Waals surface area contributed by atoms with Gasteiger partial charge in [0.15, 0.2) is 0 Å². The third kappa shape index (κ3) is 5.12. The maximum atomic E-state index is 13.0. The zero-order chi connectivity index (χ0) is 24.1. The van der Waals surface area contributed by atoms with Gasteiger partial charge in [0.1, 0.15) is 0 Å². The van der Waals surface area contributed by atoms with Gasteiger partial charge in [-0.15, -0.1) is 0 Å². The number of piperazine rings is 1. The van der Waals surface area contributed by atoms with E-state index in [4.69, 9.17) is 4.74 Å². The van der Waals surface area contributed by atoms with Crippen LogP contribution < -0.4 is 10.2 Å². The monoisotopic (exact) mass is 521 g/mol. The van der Waals surface area contributed by atoms with Crippen molar-refractivity contribution in [3.63, 3.8) is 0 Å². The molecule has 7 nitrogen and oxygen atoms in total. The summed E-state index contributed by atoms with van der Waals surface area (Å²) in [6.45, 7) is 2.27. The van der Waals surface area contributed by atoms with Crippen molar-refractivity contribution in [2.75, 3.05) is 43.5 Å². The Kier molecular flexibility index (Phi) is 7.27. The van der Waals surface area contributed by atoms with Crippen LogP contribution in [0.1, 0.15) is 31.1 Å². The smallest absolute Gasteiger partial charge is 0.337 e. The number of ether oxygens (including phenoxy) is 1. The minimum atomic E-state index is -0.485. The lowest BCUT2D eigenvalue weighted by Gasteiger charge is -2.37. The highest BCUT2D eigenvalue weighted by molar-refractivity contribution is 9.10. The molecule has 1 aliphatic rings. The van der Waals surface area contributed by atoms with Gasteiger partial charge in [0.25, 0.3) is 11.8 Å². The van der Waals surface area contributed by atoms with Crippen molar-refractivity contribution in [3.05, 3.63) is 94.0 Å². The van der Waals surface area contributed by atoms with Crippen molar-refractivity contribution >= 4 is 45.1 Å². The number of carbonyl (C=O) groups is 3. The van der Waals surface area contributed by atoms with Crippen molar-refractivity contribution in [3.8, 4) is 0 Å². The Morgan fingerprint density at radius 1 is 0.853 bits per heavy atom. The summed E-state index contributed by atoms with van der Waals surface area (Å²) in [5, 5.41) is 2.95. The van der Waals surface area contributed by atoms with Crippen molar-refractivity contribution in [2.24, 2.45) is 0 Å². The summed E-state index contributed by atoms with van der Waals surface area (Å²) in [5.74, 6) is -0.779. The van der Waals surface area contributed by atoms with Crippen LogP contribution in [0, 0.1) is 0 Å². The maximum Gasteiger partial charge on any atom is 0.337 e. The molecule has 0 bridgehead atoms. The molecule has 8 heteroatoms. The molecule has 1 heterocycles. The summed E-state index contributed by atoms with van der Waals surface area (Å²) in [7, 11) is 1.32. The van der Waals surface area contributed by atoms with E-state index in [9.17, 15) is 14.4 Å². The molecule has 1 saturated heterocycles. The van der Waals surface area contributed by atoms with E-state index in [1.807, 2.05) is 41.3 Å². The van der Waals surface area contributed by atoms with Crippen LogP contribution in [-0.2, 0) is 4.74 Å². The van der Waals surface area contributed by atoms with Crippen LogP contribution in [0.15, 0.2) is 77.3 Å². The molecule has 2 amide bonds. The summed E-state index contributed by atoms with van der Waals surface area (Å²) in [6.07, 6.45) is 0. The van der Waals surface area contributed by atoms with E-state index in [0.717, 1.165) is 5.69 Å². The molecule has 3 aromatic rings. The van der Waals surface area contributed by atoms with Crippen molar-refractivity contribution < 1.29 is 19.1 Å². The Hall–Kier alpha value is -3.65. The second-order valence-electron chi connectivity index (χ2n) is 7.80. The van der Waals surface area contributed by atoms with Gasteiger partial charge in [-0.3, -0.25) is 9.59 Å². The fourth-order valence-electron chi connectivity index (χ4n) is 3.91. The largest absolute Gasteiger partial charge is 0.465 e. The van der Waals surface area contributed by atoms with E-state index in [0.29, 0.717) is 53.0 Å². The highest BCUT2D eigenvalue weighted by Crippen LogP contribution is 2.30. The zero-order valence-corrected chi connectivity index (χ0v) is 20.2. The number of anilines is 2. The number of carbonyl (C=O) groups excluding carboxylic acids is 3. The molecule has 1 aliphatic heterocycles. The first-order chi connectivity index (χ1) is 16.5. The zero-order valence-electron chi connectivity index (χ0n) is 18.7. The normalized spacial score (nSPS) is 13.4. The first-order valence-electron chi connectivity index (χ1n) is 10.9. The number of hydrogen-bond donors (Lipinski definition) is 1. The van der Waals surface area contributed by atoms with Crippen LogP contribution in [0.3, 0.4) is 0 Å². The summed E-state index contributed by atoms with van der Waals surface area (Å²) in [4.78, 5) is 41.8. The van der Waals surface area contributed by atoms with Gasteiger partial charge < -0.3 is 19.9 Å². The fraction of sp³-hybridized carbons (Fsp3) is 0.192. The van der Waals surface area contributed by atoms with Gasteiger partial charge >= 0.3 is 5.97 Å². The highest BCUT2D eigenvalue weighted by Gasteiger charge is 2.25. The van der Waals surface area contributed by atoms with Gasteiger partial charge in [0.2, 0.25) is 0 Å².